The zero-order valence-corrected chi connectivity index (χ0v) is 14.8. The van der Waals surface area contributed by atoms with E-state index in [0.717, 1.165) is 12.8 Å². The third-order valence-electron chi connectivity index (χ3n) is 5.00. The first-order chi connectivity index (χ1) is 12.0. The average Bonchev–Trinajstić information content (AvgIpc) is 2.65. The van der Waals surface area contributed by atoms with Crippen LogP contribution in [-0.2, 0) is 19.1 Å². The van der Waals surface area contributed by atoms with Gasteiger partial charge in [0.1, 0.15) is 0 Å². The molecule has 2 aliphatic carbocycles. The van der Waals surface area contributed by atoms with E-state index in [1.807, 2.05) is 12.1 Å². The first-order valence-electron chi connectivity index (χ1n) is 8.38. The SMILES string of the molecule is COC(=O)C1=C(C(=O)OC)CC2=C(CC=C(c3ccccc3C)C2)C1. The topological polar surface area (TPSA) is 52.6 Å². The predicted octanol–water partition coefficient (Wildman–Crippen LogP) is 3.91. The van der Waals surface area contributed by atoms with Gasteiger partial charge in [-0.15, -0.1) is 0 Å². The summed E-state index contributed by atoms with van der Waals surface area (Å²) < 4.78 is 9.74. The molecule has 0 bridgehead atoms. The highest BCUT2D eigenvalue weighted by Crippen LogP contribution is 2.41. The van der Waals surface area contributed by atoms with Crippen molar-refractivity contribution in [2.75, 3.05) is 14.2 Å². The van der Waals surface area contributed by atoms with Gasteiger partial charge >= 0.3 is 11.9 Å². The molecule has 0 amide bonds. The second-order valence-electron chi connectivity index (χ2n) is 6.43. The van der Waals surface area contributed by atoms with Crippen molar-refractivity contribution in [3.63, 3.8) is 0 Å². The van der Waals surface area contributed by atoms with Gasteiger partial charge in [-0.2, -0.15) is 0 Å². The van der Waals surface area contributed by atoms with Crippen LogP contribution in [0.2, 0.25) is 0 Å². The molecule has 1 aromatic rings. The normalized spacial score (nSPS) is 17.0. The first kappa shape index (κ1) is 17.2. The summed E-state index contributed by atoms with van der Waals surface area (Å²) in [5, 5.41) is 0. The highest BCUT2D eigenvalue weighted by Gasteiger charge is 2.31. The van der Waals surface area contributed by atoms with Crippen molar-refractivity contribution in [3.05, 3.63) is 63.8 Å². The van der Waals surface area contributed by atoms with Gasteiger partial charge in [-0.1, -0.05) is 41.5 Å². The summed E-state index contributed by atoms with van der Waals surface area (Å²) >= 11 is 0. The van der Waals surface area contributed by atoms with Gasteiger partial charge < -0.3 is 9.47 Å². The van der Waals surface area contributed by atoms with Crippen LogP contribution >= 0.6 is 0 Å². The third kappa shape index (κ3) is 3.29. The summed E-state index contributed by atoms with van der Waals surface area (Å²) in [7, 11) is 2.68. The number of carbonyl (C=O) groups excluding carboxylic acids is 2. The van der Waals surface area contributed by atoms with Crippen LogP contribution in [0.5, 0.6) is 0 Å². The Morgan fingerprint density at radius 1 is 0.880 bits per heavy atom. The Labute approximate surface area is 147 Å². The van der Waals surface area contributed by atoms with E-state index in [2.05, 4.69) is 25.1 Å². The molecule has 0 saturated heterocycles. The Morgan fingerprint density at radius 3 is 2.08 bits per heavy atom. The predicted molar refractivity (Wildman–Crippen MR) is 95.7 cm³/mol. The summed E-state index contributed by atoms with van der Waals surface area (Å²) in [6.45, 7) is 2.11. The number of hydrogen-bond donors (Lipinski definition) is 0. The first-order valence-corrected chi connectivity index (χ1v) is 8.38. The number of rotatable bonds is 3. The van der Waals surface area contributed by atoms with Crippen LogP contribution < -0.4 is 0 Å². The van der Waals surface area contributed by atoms with Crippen molar-refractivity contribution in [2.45, 2.75) is 32.6 Å². The van der Waals surface area contributed by atoms with E-state index in [9.17, 15) is 9.59 Å². The average molecular weight is 338 g/mol. The molecule has 0 fully saturated rings. The molecule has 0 saturated carbocycles. The molecule has 25 heavy (non-hydrogen) atoms. The zero-order valence-electron chi connectivity index (χ0n) is 14.8. The second kappa shape index (κ2) is 7.09. The van der Waals surface area contributed by atoms with E-state index in [-0.39, 0.29) is 0 Å². The molecule has 0 atom stereocenters. The van der Waals surface area contributed by atoms with E-state index >= 15 is 0 Å². The maximum Gasteiger partial charge on any atom is 0.334 e. The van der Waals surface area contributed by atoms with Crippen LogP contribution in [0.25, 0.3) is 5.57 Å². The van der Waals surface area contributed by atoms with Gasteiger partial charge in [0.05, 0.1) is 25.4 Å². The molecule has 0 N–H and O–H groups in total. The standard InChI is InChI=1S/C21H22O4/c1-13-6-4-5-7-17(13)15-9-8-14-11-18(20(22)24-2)19(21(23)25-3)12-16(14)10-15/h4-7,9H,8,10-12H2,1-3H3. The Bertz CT molecular complexity index is 824. The lowest BCUT2D eigenvalue weighted by atomic mass is 9.77. The van der Waals surface area contributed by atoms with Gasteiger partial charge in [0.2, 0.25) is 0 Å². The number of carbonyl (C=O) groups is 2. The van der Waals surface area contributed by atoms with Crippen LogP contribution in [0.15, 0.2) is 52.6 Å². The lowest BCUT2D eigenvalue weighted by molar-refractivity contribution is -0.139. The monoisotopic (exact) mass is 338 g/mol. The van der Waals surface area contributed by atoms with Crippen LogP contribution in [0.4, 0.5) is 0 Å². The van der Waals surface area contributed by atoms with Crippen LogP contribution in [0, 0.1) is 6.92 Å². The molecular formula is C21H22O4. The van der Waals surface area contributed by atoms with E-state index in [4.69, 9.17) is 9.47 Å². The van der Waals surface area contributed by atoms with Gasteiger partial charge in [-0.25, -0.2) is 9.59 Å². The number of benzene rings is 1. The molecule has 4 heteroatoms. The van der Waals surface area contributed by atoms with E-state index < -0.39 is 11.9 Å². The molecule has 0 heterocycles. The van der Waals surface area contributed by atoms with Crippen LogP contribution in [0.1, 0.15) is 36.8 Å². The van der Waals surface area contributed by atoms with Crippen molar-refractivity contribution in [1.82, 2.24) is 0 Å². The number of ether oxygens (including phenoxy) is 2. The fourth-order valence-corrected chi connectivity index (χ4v) is 3.62. The van der Waals surface area contributed by atoms with E-state index in [1.54, 1.807) is 0 Å². The highest BCUT2D eigenvalue weighted by molar-refractivity contribution is 6.01. The summed E-state index contributed by atoms with van der Waals surface area (Å²) in [5.41, 5.74) is 7.06. The second-order valence-corrected chi connectivity index (χ2v) is 6.43. The lowest BCUT2D eigenvalue weighted by Gasteiger charge is -2.28. The summed E-state index contributed by atoms with van der Waals surface area (Å²) in [6, 6.07) is 8.32. The molecule has 0 spiro atoms. The fraction of sp³-hybridized carbons (Fsp3) is 0.333. The molecule has 0 radical (unpaired) electrons. The largest absolute Gasteiger partial charge is 0.466 e. The molecule has 0 aromatic heterocycles. The van der Waals surface area contributed by atoms with Crippen LogP contribution in [0.3, 0.4) is 0 Å². The van der Waals surface area contributed by atoms with Crippen molar-refractivity contribution in [2.24, 2.45) is 0 Å². The molecule has 0 aliphatic heterocycles. The lowest BCUT2D eigenvalue weighted by Crippen LogP contribution is -2.20. The van der Waals surface area contributed by atoms with Crippen molar-refractivity contribution >= 4 is 17.5 Å². The van der Waals surface area contributed by atoms with Gasteiger partial charge in [-0.3, -0.25) is 0 Å². The molecule has 1 aromatic carbocycles. The smallest absolute Gasteiger partial charge is 0.334 e. The molecule has 130 valence electrons. The van der Waals surface area contributed by atoms with Gasteiger partial charge in [-0.05, 0) is 36.5 Å². The number of esters is 2. The number of hydrogen-bond acceptors (Lipinski definition) is 4. The molecule has 2 aliphatic rings. The zero-order chi connectivity index (χ0) is 18.0. The van der Waals surface area contributed by atoms with Gasteiger partial charge in [0.15, 0.2) is 0 Å². The number of methoxy groups -OCH3 is 2. The number of aryl methyl sites for hydroxylation is 1. The molecule has 4 nitrogen and oxygen atoms in total. The maximum absolute atomic E-state index is 12.2. The minimum atomic E-state index is -0.445. The quantitative estimate of drug-likeness (QED) is 0.619. The highest BCUT2D eigenvalue weighted by atomic mass is 16.5. The summed E-state index contributed by atoms with van der Waals surface area (Å²) in [6.07, 6.45) is 4.75. The maximum atomic E-state index is 12.2. The summed E-state index contributed by atoms with van der Waals surface area (Å²) in [4.78, 5) is 24.2. The summed E-state index contributed by atoms with van der Waals surface area (Å²) in [5.74, 6) is -0.889. The van der Waals surface area contributed by atoms with Crippen LogP contribution in [-0.4, -0.2) is 26.2 Å². The Morgan fingerprint density at radius 2 is 1.48 bits per heavy atom. The number of allylic oxidation sites excluding steroid dienone is 4. The van der Waals surface area contributed by atoms with Gasteiger partial charge in [0.25, 0.3) is 0 Å². The minimum Gasteiger partial charge on any atom is -0.466 e. The van der Waals surface area contributed by atoms with Crippen molar-refractivity contribution in [1.29, 1.82) is 0 Å². The van der Waals surface area contributed by atoms with Gasteiger partial charge in [0, 0.05) is 12.8 Å². The Hall–Kier alpha value is -2.62. The molecular weight excluding hydrogens is 316 g/mol. The van der Waals surface area contributed by atoms with Crippen molar-refractivity contribution in [3.8, 4) is 0 Å². The Balaban J connectivity index is 1.89. The molecule has 3 rings (SSSR count). The fourth-order valence-electron chi connectivity index (χ4n) is 3.62. The molecule has 0 unspecified atom stereocenters. The van der Waals surface area contributed by atoms with E-state index in [1.165, 1.54) is 42.1 Å². The van der Waals surface area contributed by atoms with E-state index in [0.29, 0.717) is 24.0 Å². The third-order valence-corrected chi connectivity index (χ3v) is 5.00. The van der Waals surface area contributed by atoms with Crippen molar-refractivity contribution < 1.29 is 19.1 Å². The minimum absolute atomic E-state index is 0.430. The Kier molecular flexibility index (Phi) is 4.88.